The second-order valence-corrected chi connectivity index (χ2v) is 3.25. The number of carboxylic acids is 1. The first-order valence-electron chi connectivity index (χ1n) is 4.49. The van der Waals surface area contributed by atoms with Gasteiger partial charge in [0.05, 0.1) is 6.42 Å². The van der Waals surface area contributed by atoms with Gasteiger partial charge in [-0.25, -0.2) is 0 Å². The molecule has 0 fully saturated rings. The van der Waals surface area contributed by atoms with Gasteiger partial charge in [-0.15, -0.1) is 0 Å². The number of H-pyrrole nitrogens is 1. The van der Waals surface area contributed by atoms with Crippen molar-refractivity contribution >= 4 is 16.9 Å². The minimum absolute atomic E-state index is 0.134. The molecule has 0 aliphatic heterocycles. The summed E-state index contributed by atoms with van der Waals surface area (Å²) in [5.74, 6) is -0.939. The average molecular weight is 203 g/mol. The highest BCUT2D eigenvalue weighted by atomic mass is 16.4. The number of aromatic amines is 1. The Labute approximate surface area is 85.2 Å². The van der Waals surface area contributed by atoms with Gasteiger partial charge >= 0.3 is 5.97 Å². The fraction of sp³-hybridized carbons (Fsp3) is 0.0909. The van der Waals surface area contributed by atoms with E-state index in [0.717, 1.165) is 0 Å². The van der Waals surface area contributed by atoms with Crippen LogP contribution in [0, 0.1) is 0 Å². The summed E-state index contributed by atoms with van der Waals surface area (Å²) in [6.45, 7) is 0. The van der Waals surface area contributed by atoms with Crippen LogP contribution < -0.4 is 5.43 Å². The van der Waals surface area contributed by atoms with E-state index in [-0.39, 0.29) is 11.8 Å². The van der Waals surface area contributed by atoms with Crippen LogP contribution in [-0.4, -0.2) is 16.1 Å². The summed E-state index contributed by atoms with van der Waals surface area (Å²) in [4.78, 5) is 25.1. The highest BCUT2D eigenvalue weighted by Crippen LogP contribution is 2.13. The predicted molar refractivity (Wildman–Crippen MR) is 55.9 cm³/mol. The summed E-state index contributed by atoms with van der Waals surface area (Å²) in [5, 5.41) is 9.17. The number of aromatic nitrogens is 1. The Balaban J connectivity index is 2.74. The van der Waals surface area contributed by atoms with Crippen LogP contribution in [0.1, 0.15) is 5.56 Å². The minimum Gasteiger partial charge on any atom is -0.481 e. The first-order valence-corrected chi connectivity index (χ1v) is 4.49. The average Bonchev–Trinajstić information content (AvgIpc) is 2.17. The lowest BCUT2D eigenvalue weighted by Crippen LogP contribution is -2.07. The Bertz CT molecular complexity index is 566. The lowest BCUT2D eigenvalue weighted by molar-refractivity contribution is -0.136. The number of pyridine rings is 1. The van der Waals surface area contributed by atoms with Crippen molar-refractivity contribution in [2.75, 3.05) is 0 Å². The fourth-order valence-corrected chi connectivity index (χ4v) is 1.61. The zero-order chi connectivity index (χ0) is 10.8. The van der Waals surface area contributed by atoms with Crippen molar-refractivity contribution in [3.05, 3.63) is 46.2 Å². The molecule has 1 aromatic carbocycles. The van der Waals surface area contributed by atoms with E-state index in [0.29, 0.717) is 16.5 Å². The SMILES string of the molecule is O=C(O)Cc1cccc2[nH]ccc(=O)c12. The molecule has 0 saturated heterocycles. The normalized spacial score (nSPS) is 10.4. The molecule has 1 aromatic heterocycles. The number of hydrogen-bond donors (Lipinski definition) is 2. The highest BCUT2D eigenvalue weighted by Gasteiger charge is 2.07. The van der Waals surface area contributed by atoms with E-state index in [2.05, 4.69) is 4.98 Å². The topological polar surface area (TPSA) is 70.2 Å². The maximum Gasteiger partial charge on any atom is 0.307 e. The standard InChI is InChI=1S/C11H9NO3/c13-9-4-5-12-8-3-1-2-7(11(8)9)6-10(14)15/h1-5H,6H2,(H,12,13)(H,14,15). The molecule has 0 spiro atoms. The second kappa shape index (κ2) is 3.57. The van der Waals surface area contributed by atoms with Crippen molar-refractivity contribution in [3.63, 3.8) is 0 Å². The van der Waals surface area contributed by atoms with Gasteiger partial charge in [-0.3, -0.25) is 9.59 Å². The second-order valence-electron chi connectivity index (χ2n) is 3.25. The fourth-order valence-electron chi connectivity index (χ4n) is 1.61. The zero-order valence-electron chi connectivity index (χ0n) is 7.86. The minimum atomic E-state index is -0.939. The summed E-state index contributed by atoms with van der Waals surface area (Å²) in [6, 6.07) is 6.54. The number of benzene rings is 1. The Hall–Kier alpha value is -2.10. The third-order valence-electron chi connectivity index (χ3n) is 2.21. The van der Waals surface area contributed by atoms with E-state index in [1.165, 1.54) is 6.07 Å². The van der Waals surface area contributed by atoms with Gasteiger partial charge in [0.25, 0.3) is 0 Å². The molecular formula is C11H9NO3. The van der Waals surface area contributed by atoms with Crippen LogP contribution >= 0.6 is 0 Å². The van der Waals surface area contributed by atoms with Crippen molar-refractivity contribution in [2.24, 2.45) is 0 Å². The molecule has 4 nitrogen and oxygen atoms in total. The molecule has 0 aliphatic rings. The van der Waals surface area contributed by atoms with E-state index in [1.54, 1.807) is 24.4 Å². The molecule has 0 amide bonds. The molecule has 0 saturated carbocycles. The van der Waals surface area contributed by atoms with Crippen molar-refractivity contribution < 1.29 is 9.90 Å². The number of carbonyl (C=O) groups is 1. The maximum atomic E-state index is 11.6. The van der Waals surface area contributed by atoms with Crippen molar-refractivity contribution in [2.45, 2.75) is 6.42 Å². The number of fused-ring (bicyclic) bond motifs is 1. The highest BCUT2D eigenvalue weighted by molar-refractivity contribution is 5.85. The third-order valence-corrected chi connectivity index (χ3v) is 2.21. The summed E-state index contributed by atoms with van der Waals surface area (Å²) >= 11 is 0. The van der Waals surface area contributed by atoms with E-state index in [4.69, 9.17) is 5.11 Å². The molecule has 0 bridgehead atoms. The van der Waals surface area contributed by atoms with Gasteiger partial charge in [0, 0.05) is 23.2 Å². The van der Waals surface area contributed by atoms with Gasteiger partial charge in [0.15, 0.2) is 5.43 Å². The lowest BCUT2D eigenvalue weighted by Gasteiger charge is -2.02. The molecule has 2 rings (SSSR count). The van der Waals surface area contributed by atoms with Gasteiger partial charge < -0.3 is 10.1 Å². The molecular weight excluding hydrogens is 194 g/mol. The van der Waals surface area contributed by atoms with Crippen LogP contribution in [0.25, 0.3) is 10.9 Å². The monoisotopic (exact) mass is 203 g/mol. The molecule has 0 unspecified atom stereocenters. The van der Waals surface area contributed by atoms with Crippen molar-refractivity contribution in [1.82, 2.24) is 4.98 Å². The number of carboxylic acid groups (broad SMARTS) is 1. The summed E-state index contributed by atoms with van der Waals surface area (Å²) < 4.78 is 0. The van der Waals surface area contributed by atoms with Crippen molar-refractivity contribution in [1.29, 1.82) is 0 Å². The van der Waals surface area contributed by atoms with E-state index >= 15 is 0 Å². The van der Waals surface area contributed by atoms with Crippen molar-refractivity contribution in [3.8, 4) is 0 Å². The summed E-state index contributed by atoms with van der Waals surface area (Å²) in [6.07, 6.45) is 1.42. The largest absolute Gasteiger partial charge is 0.481 e. The molecule has 76 valence electrons. The van der Waals surface area contributed by atoms with Crippen LogP contribution in [-0.2, 0) is 11.2 Å². The smallest absolute Gasteiger partial charge is 0.307 e. The number of hydrogen-bond acceptors (Lipinski definition) is 2. The molecule has 0 aliphatic carbocycles. The molecule has 2 N–H and O–H groups in total. The van der Waals surface area contributed by atoms with E-state index in [1.807, 2.05) is 0 Å². The van der Waals surface area contributed by atoms with Gasteiger partial charge in [-0.05, 0) is 11.6 Å². The first-order chi connectivity index (χ1) is 7.18. The summed E-state index contributed by atoms with van der Waals surface area (Å²) in [5.41, 5.74) is 1.06. The molecule has 4 heteroatoms. The maximum absolute atomic E-state index is 11.6. The summed E-state index contributed by atoms with van der Waals surface area (Å²) in [7, 11) is 0. The Morgan fingerprint density at radius 1 is 1.33 bits per heavy atom. The predicted octanol–water partition coefficient (Wildman–Crippen LogP) is 1.16. The Morgan fingerprint density at radius 3 is 2.87 bits per heavy atom. The Kier molecular flexibility index (Phi) is 2.25. The van der Waals surface area contributed by atoms with Crippen LogP contribution in [0.5, 0.6) is 0 Å². The molecule has 1 heterocycles. The van der Waals surface area contributed by atoms with Gasteiger partial charge in [-0.2, -0.15) is 0 Å². The van der Waals surface area contributed by atoms with Crippen LogP contribution in [0.2, 0.25) is 0 Å². The third kappa shape index (κ3) is 1.74. The van der Waals surface area contributed by atoms with Crippen LogP contribution in [0.15, 0.2) is 35.3 Å². The lowest BCUT2D eigenvalue weighted by atomic mass is 10.1. The number of nitrogens with one attached hydrogen (secondary N) is 1. The Morgan fingerprint density at radius 2 is 2.13 bits per heavy atom. The van der Waals surface area contributed by atoms with Gasteiger partial charge in [-0.1, -0.05) is 12.1 Å². The van der Waals surface area contributed by atoms with Crippen LogP contribution in [0.4, 0.5) is 0 Å². The van der Waals surface area contributed by atoms with Gasteiger partial charge in [0.2, 0.25) is 0 Å². The zero-order valence-corrected chi connectivity index (χ0v) is 7.86. The van der Waals surface area contributed by atoms with Gasteiger partial charge in [0.1, 0.15) is 0 Å². The van der Waals surface area contributed by atoms with Crippen LogP contribution in [0.3, 0.4) is 0 Å². The van der Waals surface area contributed by atoms with E-state index < -0.39 is 5.97 Å². The quantitative estimate of drug-likeness (QED) is 0.769. The first kappa shape index (κ1) is 9.45. The molecule has 2 aromatic rings. The number of rotatable bonds is 2. The molecule has 0 radical (unpaired) electrons. The molecule has 15 heavy (non-hydrogen) atoms. The number of aliphatic carboxylic acids is 1. The molecule has 0 atom stereocenters. The van der Waals surface area contributed by atoms with E-state index in [9.17, 15) is 9.59 Å².